The van der Waals surface area contributed by atoms with Crippen molar-refractivity contribution in [2.24, 2.45) is 5.10 Å². The number of carbonyl (C=O) groups is 1. The molecule has 0 spiro atoms. The van der Waals surface area contributed by atoms with Gasteiger partial charge in [0, 0.05) is 17.9 Å². The quantitative estimate of drug-likeness (QED) is 0.342. The number of ether oxygens (including phenoxy) is 1. The SMILES string of the molecule is CCOC(=O)C(=Cc1cccc([N+](=O)[O-])c1)C1=Nn2c(C)nnc2SC1. The molecule has 2 aromatic rings. The van der Waals surface area contributed by atoms with Crippen LogP contribution in [0.4, 0.5) is 5.69 Å². The average Bonchev–Trinajstić information content (AvgIpc) is 3.00. The van der Waals surface area contributed by atoms with Crippen LogP contribution in [0.15, 0.2) is 40.1 Å². The largest absolute Gasteiger partial charge is 0.462 e. The Kier molecular flexibility index (Phi) is 5.12. The summed E-state index contributed by atoms with van der Waals surface area (Å²) >= 11 is 1.40. The second-order valence-corrected chi connectivity index (χ2v) is 6.25. The predicted octanol–water partition coefficient (Wildman–Crippen LogP) is 2.45. The minimum absolute atomic E-state index is 0.0566. The van der Waals surface area contributed by atoms with Crippen LogP contribution >= 0.6 is 11.8 Å². The lowest BCUT2D eigenvalue weighted by molar-refractivity contribution is -0.384. The molecule has 134 valence electrons. The molecule has 0 aliphatic carbocycles. The van der Waals surface area contributed by atoms with Crippen LogP contribution in [-0.4, -0.2) is 43.8 Å². The molecule has 26 heavy (non-hydrogen) atoms. The summed E-state index contributed by atoms with van der Waals surface area (Å²) in [6, 6.07) is 6.03. The number of non-ortho nitro benzene ring substituents is 1. The van der Waals surface area contributed by atoms with Crippen LogP contribution < -0.4 is 0 Å². The van der Waals surface area contributed by atoms with E-state index in [1.165, 1.54) is 23.9 Å². The van der Waals surface area contributed by atoms with E-state index in [9.17, 15) is 14.9 Å². The van der Waals surface area contributed by atoms with Gasteiger partial charge in [0.25, 0.3) is 5.69 Å². The highest BCUT2D eigenvalue weighted by molar-refractivity contribution is 7.99. The zero-order valence-corrected chi connectivity index (χ0v) is 14.9. The van der Waals surface area contributed by atoms with Crippen molar-refractivity contribution >= 4 is 35.2 Å². The van der Waals surface area contributed by atoms with E-state index in [0.29, 0.717) is 28.0 Å². The number of fused-ring (bicyclic) bond motifs is 1. The van der Waals surface area contributed by atoms with Crippen molar-refractivity contribution in [3.63, 3.8) is 0 Å². The highest BCUT2D eigenvalue weighted by atomic mass is 32.2. The monoisotopic (exact) mass is 373 g/mol. The first-order valence-electron chi connectivity index (χ1n) is 7.76. The Hall–Kier alpha value is -3.01. The molecule has 1 aromatic carbocycles. The number of thioether (sulfide) groups is 1. The Labute approximate surface area is 152 Å². The molecule has 0 N–H and O–H groups in total. The maximum atomic E-state index is 12.4. The minimum Gasteiger partial charge on any atom is -0.462 e. The summed E-state index contributed by atoms with van der Waals surface area (Å²) in [5.41, 5.74) is 1.20. The van der Waals surface area contributed by atoms with Crippen molar-refractivity contribution < 1.29 is 14.5 Å². The second kappa shape index (κ2) is 7.48. The van der Waals surface area contributed by atoms with E-state index in [4.69, 9.17) is 4.74 Å². The van der Waals surface area contributed by atoms with Gasteiger partial charge in [0.2, 0.25) is 5.16 Å². The number of nitro groups is 1. The summed E-state index contributed by atoms with van der Waals surface area (Å²) in [5, 5.41) is 24.0. The lowest BCUT2D eigenvalue weighted by Gasteiger charge is -2.15. The molecule has 0 saturated heterocycles. The second-order valence-electron chi connectivity index (χ2n) is 5.31. The number of aromatic nitrogens is 3. The van der Waals surface area contributed by atoms with Gasteiger partial charge in [-0.3, -0.25) is 10.1 Å². The van der Waals surface area contributed by atoms with Gasteiger partial charge in [-0.05, 0) is 25.5 Å². The number of rotatable bonds is 5. The molecule has 9 nitrogen and oxygen atoms in total. The number of carbonyl (C=O) groups excluding carboxylic acids is 1. The Bertz CT molecular complexity index is 934. The number of nitro benzene ring substituents is 1. The van der Waals surface area contributed by atoms with Crippen LogP contribution in [0.25, 0.3) is 6.08 Å². The molecular formula is C16H15N5O4S. The first-order chi connectivity index (χ1) is 12.5. The van der Waals surface area contributed by atoms with Crippen molar-refractivity contribution in [3.05, 3.63) is 51.3 Å². The molecule has 0 saturated carbocycles. The Morgan fingerprint density at radius 3 is 3.00 bits per heavy atom. The molecule has 0 fully saturated rings. The third-order valence-corrected chi connectivity index (χ3v) is 4.46. The molecule has 0 amide bonds. The highest BCUT2D eigenvalue weighted by Gasteiger charge is 2.24. The molecule has 3 rings (SSSR count). The summed E-state index contributed by atoms with van der Waals surface area (Å²) in [6.45, 7) is 3.68. The number of aryl methyl sites for hydroxylation is 1. The third kappa shape index (κ3) is 3.64. The summed E-state index contributed by atoms with van der Waals surface area (Å²) < 4.78 is 6.69. The standard InChI is InChI=1S/C16H15N5O4S/c1-3-25-15(22)13(8-11-5-4-6-12(7-11)21(23)24)14-9-26-16-18-17-10(2)20(16)19-14/h4-8H,3,9H2,1-2H3. The van der Waals surface area contributed by atoms with Crippen LogP contribution in [0, 0.1) is 17.0 Å². The van der Waals surface area contributed by atoms with Gasteiger partial charge in [0.1, 0.15) is 0 Å². The molecule has 1 aliphatic rings. The van der Waals surface area contributed by atoms with E-state index in [0.717, 1.165) is 0 Å². The van der Waals surface area contributed by atoms with E-state index >= 15 is 0 Å². The lowest BCUT2D eigenvalue weighted by atomic mass is 10.1. The third-order valence-electron chi connectivity index (χ3n) is 3.52. The number of hydrogen-bond acceptors (Lipinski definition) is 8. The maximum absolute atomic E-state index is 12.4. The topological polar surface area (TPSA) is 113 Å². The molecule has 0 unspecified atom stereocenters. The molecule has 1 aromatic heterocycles. The minimum atomic E-state index is -0.535. The number of esters is 1. The van der Waals surface area contributed by atoms with Crippen LogP contribution in [0.1, 0.15) is 18.3 Å². The van der Waals surface area contributed by atoms with Crippen LogP contribution in [-0.2, 0) is 9.53 Å². The maximum Gasteiger partial charge on any atom is 0.340 e. The average molecular weight is 373 g/mol. The molecule has 0 radical (unpaired) electrons. The molecule has 10 heteroatoms. The number of benzene rings is 1. The zero-order chi connectivity index (χ0) is 18.7. The van der Waals surface area contributed by atoms with Gasteiger partial charge >= 0.3 is 5.97 Å². The zero-order valence-electron chi connectivity index (χ0n) is 14.1. The predicted molar refractivity (Wildman–Crippen MR) is 96.0 cm³/mol. The van der Waals surface area contributed by atoms with Crippen molar-refractivity contribution in [1.29, 1.82) is 0 Å². The lowest BCUT2D eigenvalue weighted by Crippen LogP contribution is -2.21. The van der Waals surface area contributed by atoms with E-state index in [2.05, 4.69) is 15.3 Å². The van der Waals surface area contributed by atoms with Gasteiger partial charge in [0.05, 0.1) is 22.8 Å². The summed E-state index contributed by atoms with van der Waals surface area (Å²) in [4.78, 5) is 22.9. The molecule has 0 atom stereocenters. The van der Waals surface area contributed by atoms with Crippen molar-refractivity contribution in [2.75, 3.05) is 12.4 Å². The van der Waals surface area contributed by atoms with Crippen molar-refractivity contribution in [2.45, 2.75) is 19.0 Å². The summed E-state index contributed by atoms with van der Waals surface area (Å²) in [5.74, 6) is 0.480. The van der Waals surface area contributed by atoms with Gasteiger partial charge in [-0.2, -0.15) is 9.78 Å². The molecule has 1 aliphatic heterocycles. The Balaban J connectivity index is 2.05. The Morgan fingerprint density at radius 1 is 1.46 bits per heavy atom. The highest BCUT2D eigenvalue weighted by Crippen LogP contribution is 2.25. The van der Waals surface area contributed by atoms with Crippen LogP contribution in [0.2, 0.25) is 0 Å². The fourth-order valence-corrected chi connectivity index (χ4v) is 3.19. The number of hydrogen-bond donors (Lipinski definition) is 0. The first kappa shape index (κ1) is 17.8. The van der Waals surface area contributed by atoms with Gasteiger partial charge < -0.3 is 4.74 Å². The van der Waals surface area contributed by atoms with Crippen LogP contribution in [0.3, 0.4) is 0 Å². The normalized spacial score (nSPS) is 13.8. The van der Waals surface area contributed by atoms with Crippen LogP contribution in [0.5, 0.6) is 0 Å². The van der Waals surface area contributed by atoms with Crippen molar-refractivity contribution in [3.8, 4) is 0 Å². The van der Waals surface area contributed by atoms with Gasteiger partial charge in [-0.1, -0.05) is 23.9 Å². The molecular weight excluding hydrogens is 358 g/mol. The first-order valence-corrected chi connectivity index (χ1v) is 8.74. The summed E-state index contributed by atoms with van der Waals surface area (Å²) in [6.07, 6.45) is 1.55. The van der Waals surface area contributed by atoms with E-state index in [-0.39, 0.29) is 17.9 Å². The Morgan fingerprint density at radius 2 is 2.27 bits per heavy atom. The summed E-state index contributed by atoms with van der Waals surface area (Å²) in [7, 11) is 0. The smallest absolute Gasteiger partial charge is 0.340 e. The van der Waals surface area contributed by atoms with E-state index < -0.39 is 10.9 Å². The van der Waals surface area contributed by atoms with Gasteiger partial charge in [0.15, 0.2) is 5.82 Å². The van der Waals surface area contributed by atoms with E-state index in [1.807, 2.05) is 0 Å². The van der Waals surface area contributed by atoms with Crippen molar-refractivity contribution in [1.82, 2.24) is 14.9 Å². The number of nitrogens with zero attached hydrogens (tertiary/aromatic N) is 5. The molecule has 2 heterocycles. The fourth-order valence-electron chi connectivity index (χ4n) is 2.32. The van der Waals surface area contributed by atoms with Gasteiger partial charge in [-0.15, -0.1) is 10.2 Å². The van der Waals surface area contributed by atoms with E-state index in [1.54, 1.807) is 36.7 Å². The fraction of sp³-hybridized carbons (Fsp3) is 0.250. The van der Waals surface area contributed by atoms with Gasteiger partial charge in [-0.25, -0.2) is 4.79 Å². The molecule has 0 bridgehead atoms.